The standard InChI is InChI=1S/C16H24BrNO2/c1-11-6-4-5-7-14(11)18-10-12-8-13(17)16(20-3)15(9-12)19-2/h8-9,11,14,18H,4-7,10H2,1-3H3. The minimum absolute atomic E-state index is 0.635. The summed E-state index contributed by atoms with van der Waals surface area (Å²) in [6.07, 6.45) is 5.35. The van der Waals surface area contributed by atoms with Crippen LogP contribution in [0.1, 0.15) is 38.2 Å². The molecule has 0 saturated heterocycles. The zero-order valence-corrected chi connectivity index (χ0v) is 14.1. The van der Waals surface area contributed by atoms with Crippen molar-refractivity contribution < 1.29 is 9.47 Å². The average molecular weight is 342 g/mol. The topological polar surface area (TPSA) is 30.5 Å². The molecule has 2 atom stereocenters. The van der Waals surface area contributed by atoms with Crippen molar-refractivity contribution in [3.8, 4) is 11.5 Å². The van der Waals surface area contributed by atoms with E-state index in [9.17, 15) is 0 Å². The van der Waals surface area contributed by atoms with E-state index in [-0.39, 0.29) is 0 Å². The molecule has 1 saturated carbocycles. The van der Waals surface area contributed by atoms with E-state index in [0.717, 1.165) is 28.4 Å². The number of rotatable bonds is 5. The van der Waals surface area contributed by atoms with Gasteiger partial charge >= 0.3 is 0 Å². The molecule has 3 nitrogen and oxygen atoms in total. The Bertz CT molecular complexity index is 450. The Morgan fingerprint density at radius 2 is 1.95 bits per heavy atom. The molecular formula is C16H24BrNO2. The van der Waals surface area contributed by atoms with Gasteiger partial charge in [0.15, 0.2) is 11.5 Å². The van der Waals surface area contributed by atoms with Crippen LogP contribution in [0.2, 0.25) is 0 Å². The summed E-state index contributed by atoms with van der Waals surface area (Å²) in [6.45, 7) is 3.22. The van der Waals surface area contributed by atoms with Gasteiger partial charge in [0.1, 0.15) is 0 Å². The summed E-state index contributed by atoms with van der Waals surface area (Å²) in [5.41, 5.74) is 1.22. The molecule has 0 heterocycles. The zero-order valence-electron chi connectivity index (χ0n) is 12.5. The average Bonchev–Trinajstić information content (AvgIpc) is 2.45. The van der Waals surface area contributed by atoms with Crippen LogP contribution < -0.4 is 14.8 Å². The monoisotopic (exact) mass is 341 g/mol. The second-order valence-corrected chi connectivity index (χ2v) is 6.42. The van der Waals surface area contributed by atoms with Gasteiger partial charge in [-0.3, -0.25) is 0 Å². The Labute approximate surface area is 130 Å². The third kappa shape index (κ3) is 3.67. The van der Waals surface area contributed by atoms with Crippen molar-refractivity contribution in [3.05, 3.63) is 22.2 Å². The third-order valence-electron chi connectivity index (χ3n) is 4.17. The van der Waals surface area contributed by atoms with E-state index in [2.05, 4.69) is 34.2 Å². The lowest BCUT2D eigenvalue weighted by Crippen LogP contribution is -2.36. The number of halogens is 1. The fraction of sp³-hybridized carbons (Fsp3) is 0.625. The molecule has 1 fully saturated rings. The maximum absolute atomic E-state index is 5.39. The van der Waals surface area contributed by atoms with Gasteiger partial charge in [-0.1, -0.05) is 19.8 Å². The Morgan fingerprint density at radius 3 is 2.60 bits per heavy atom. The summed E-state index contributed by atoms with van der Waals surface area (Å²) in [4.78, 5) is 0. The maximum atomic E-state index is 5.39. The van der Waals surface area contributed by atoms with Crippen molar-refractivity contribution in [2.24, 2.45) is 5.92 Å². The van der Waals surface area contributed by atoms with Crippen molar-refractivity contribution in [1.29, 1.82) is 0 Å². The highest BCUT2D eigenvalue weighted by Crippen LogP contribution is 2.36. The molecule has 0 aromatic heterocycles. The number of methoxy groups -OCH3 is 2. The number of nitrogens with one attached hydrogen (secondary N) is 1. The van der Waals surface area contributed by atoms with E-state index in [1.807, 2.05) is 6.07 Å². The van der Waals surface area contributed by atoms with Crippen LogP contribution in [0.3, 0.4) is 0 Å². The summed E-state index contributed by atoms with van der Waals surface area (Å²) < 4.78 is 11.7. The summed E-state index contributed by atoms with van der Waals surface area (Å²) >= 11 is 3.54. The largest absolute Gasteiger partial charge is 0.493 e. The van der Waals surface area contributed by atoms with Gasteiger partial charge in [-0.2, -0.15) is 0 Å². The predicted octanol–water partition coefficient (Wildman–Crippen LogP) is 4.13. The van der Waals surface area contributed by atoms with Crippen molar-refractivity contribution in [2.45, 2.75) is 45.2 Å². The van der Waals surface area contributed by atoms with Gasteiger partial charge in [0.2, 0.25) is 0 Å². The molecule has 1 N–H and O–H groups in total. The second-order valence-electron chi connectivity index (χ2n) is 5.56. The van der Waals surface area contributed by atoms with E-state index < -0.39 is 0 Å². The number of ether oxygens (including phenoxy) is 2. The van der Waals surface area contributed by atoms with E-state index >= 15 is 0 Å². The molecule has 4 heteroatoms. The van der Waals surface area contributed by atoms with Crippen LogP contribution in [0, 0.1) is 5.92 Å². The minimum Gasteiger partial charge on any atom is -0.493 e. The van der Waals surface area contributed by atoms with Gasteiger partial charge in [0.05, 0.1) is 18.7 Å². The Morgan fingerprint density at radius 1 is 1.20 bits per heavy atom. The maximum Gasteiger partial charge on any atom is 0.174 e. The van der Waals surface area contributed by atoms with Gasteiger partial charge in [-0.15, -0.1) is 0 Å². The summed E-state index contributed by atoms with van der Waals surface area (Å²) in [6, 6.07) is 4.78. The molecule has 1 aliphatic rings. The SMILES string of the molecule is COc1cc(CNC2CCCCC2C)cc(Br)c1OC. The van der Waals surface area contributed by atoms with Crippen LogP contribution in [0.5, 0.6) is 11.5 Å². The number of hydrogen-bond donors (Lipinski definition) is 1. The van der Waals surface area contributed by atoms with Gasteiger partial charge in [-0.05, 0) is 52.4 Å². The van der Waals surface area contributed by atoms with E-state index in [1.54, 1.807) is 14.2 Å². The molecule has 112 valence electrons. The first-order valence-corrected chi connectivity index (χ1v) is 8.08. The lowest BCUT2D eigenvalue weighted by atomic mass is 9.86. The van der Waals surface area contributed by atoms with Crippen LogP contribution in [0.25, 0.3) is 0 Å². The number of hydrogen-bond acceptors (Lipinski definition) is 3. The van der Waals surface area contributed by atoms with Gasteiger partial charge in [0, 0.05) is 12.6 Å². The van der Waals surface area contributed by atoms with Gasteiger partial charge in [0.25, 0.3) is 0 Å². The Hall–Kier alpha value is -0.740. The highest BCUT2D eigenvalue weighted by molar-refractivity contribution is 9.10. The highest BCUT2D eigenvalue weighted by Gasteiger charge is 2.20. The first-order chi connectivity index (χ1) is 9.65. The minimum atomic E-state index is 0.635. The number of benzene rings is 1. The normalized spacial score (nSPS) is 22.6. The Balaban J connectivity index is 2.04. The molecule has 1 aromatic carbocycles. The molecule has 2 rings (SSSR count). The molecular weight excluding hydrogens is 318 g/mol. The van der Waals surface area contributed by atoms with Gasteiger partial charge < -0.3 is 14.8 Å². The Kier molecular flexibility index (Phi) is 5.73. The highest BCUT2D eigenvalue weighted by atomic mass is 79.9. The second kappa shape index (κ2) is 7.32. The fourth-order valence-electron chi connectivity index (χ4n) is 2.94. The van der Waals surface area contributed by atoms with Crippen molar-refractivity contribution in [3.63, 3.8) is 0 Å². The van der Waals surface area contributed by atoms with Crippen LogP contribution in [0.4, 0.5) is 0 Å². The summed E-state index contributed by atoms with van der Waals surface area (Å²) in [5, 5.41) is 3.69. The van der Waals surface area contributed by atoms with Crippen LogP contribution >= 0.6 is 15.9 Å². The summed E-state index contributed by atoms with van der Waals surface area (Å²) in [7, 11) is 3.33. The lowest BCUT2D eigenvalue weighted by molar-refractivity contribution is 0.279. The first kappa shape index (κ1) is 15.6. The van der Waals surface area contributed by atoms with Crippen LogP contribution in [-0.4, -0.2) is 20.3 Å². The molecule has 0 aliphatic heterocycles. The quantitative estimate of drug-likeness (QED) is 0.873. The van der Waals surface area contributed by atoms with Crippen LogP contribution in [-0.2, 0) is 6.54 Å². The molecule has 0 bridgehead atoms. The molecule has 0 amide bonds. The predicted molar refractivity (Wildman–Crippen MR) is 85.5 cm³/mol. The molecule has 0 spiro atoms. The van der Waals surface area contributed by atoms with Crippen molar-refractivity contribution >= 4 is 15.9 Å². The van der Waals surface area contributed by atoms with Crippen molar-refractivity contribution in [2.75, 3.05) is 14.2 Å². The molecule has 0 radical (unpaired) electrons. The van der Waals surface area contributed by atoms with E-state index in [4.69, 9.17) is 9.47 Å². The third-order valence-corrected chi connectivity index (χ3v) is 4.76. The fourth-order valence-corrected chi connectivity index (χ4v) is 3.59. The lowest BCUT2D eigenvalue weighted by Gasteiger charge is -2.29. The first-order valence-electron chi connectivity index (χ1n) is 7.29. The van der Waals surface area contributed by atoms with Gasteiger partial charge in [-0.25, -0.2) is 0 Å². The summed E-state index contributed by atoms with van der Waals surface area (Å²) in [5.74, 6) is 2.30. The van der Waals surface area contributed by atoms with E-state index in [0.29, 0.717) is 6.04 Å². The molecule has 1 aromatic rings. The molecule has 1 aliphatic carbocycles. The van der Waals surface area contributed by atoms with Crippen LogP contribution in [0.15, 0.2) is 16.6 Å². The zero-order chi connectivity index (χ0) is 14.5. The van der Waals surface area contributed by atoms with E-state index in [1.165, 1.54) is 31.2 Å². The molecule has 2 unspecified atom stereocenters. The van der Waals surface area contributed by atoms with Crippen molar-refractivity contribution in [1.82, 2.24) is 5.32 Å². The molecule has 20 heavy (non-hydrogen) atoms. The smallest absolute Gasteiger partial charge is 0.174 e.